The minimum Gasteiger partial charge on any atom is -0.365 e. The predicted octanol–water partition coefficient (Wildman–Crippen LogP) is 17.2. The van der Waals surface area contributed by atoms with Crippen molar-refractivity contribution in [1.82, 2.24) is 0 Å². The molecule has 0 radical (unpaired) electrons. The number of ether oxygens (including phenoxy) is 2. The number of fused-ring (bicyclic) bond motifs is 4. The molecule has 3 aliphatic rings. The first-order chi connectivity index (χ1) is 49.7. The zero-order valence-corrected chi connectivity index (χ0v) is 67.9. The molecule has 1 unspecified atom stereocenters. The summed E-state index contributed by atoms with van der Waals surface area (Å²) in [6.45, 7) is 1.67. The fourth-order valence-corrected chi connectivity index (χ4v) is 43.7. The number of rotatable bonds is 14. The Bertz CT molecular complexity index is 5080. The van der Waals surface area contributed by atoms with E-state index in [-0.39, 0.29) is 24.0 Å². The number of halogens is 1. The Labute approximate surface area is 647 Å². The van der Waals surface area contributed by atoms with Crippen LogP contribution >= 0.6 is 11.6 Å². The molecule has 0 aliphatic heterocycles. The number of carbonyl (C=O) groups is 4. The van der Waals surface area contributed by atoms with Crippen molar-refractivity contribution in [1.29, 1.82) is 0 Å². The molecule has 9 aromatic rings. The van der Waals surface area contributed by atoms with Crippen molar-refractivity contribution in [3.63, 3.8) is 0 Å². The average Bonchev–Trinajstić information content (AvgIpc) is 1.75. The summed E-state index contributed by atoms with van der Waals surface area (Å²) in [5.41, 5.74) is 13.5. The molecule has 101 heavy (non-hydrogen) atoms. The highest BCUT2D eigenvalue weighted by molar-refractivity contribution is 8.77. The molecular weight excluding hydrogens is 1580 g/mol. The molecule has 0 aromatic heterocycles. The molecule has 518 valence electrons. The maximum absolute atomic E-state index is 13.0. The van der Waals surface area contributed by atoms with Crippen molar-refractivity contribution in [3.8, 4) is 24.2 Å². The van der Waals surface area contributed by atoms with Crippen molar-refractivity contribution < 1.29 is 28.7 Å². The van der Waals surface area contributed by atoms with Crippen LogP contribution in [0.3, 0.4) is 0 Å². The van der Waals surface area contributed by atoms with Crippen LogP contribution in [0.1, 0.15) is 106 Å². The second-order valence-electron chi connectivity index (χ2n) is 21.2. The van der Waals surface area contributed by atoms with E-state index >= 15 is 0 Å². The number of benzene rings is 9. The SMILES string of the molecule is C#CCOC/C=C/c1ccccc1.O=C(C#CCOC/C=C/c1ccccc1)c1ccccc1.O=C(C1=C2CCCC2Cc2ccccc21)c1ccccc1.O=C(Cl)c1ccccc1.O=C(c1ccccc1)c1c2c(cc3ccccc13)CCC2.S=S=S=S=S=S=S=S=S=S=S=S=S=S=S=S. The van der Waals surface area contributed by atoms with Gasteiger partial charge in [0.25, 0.3) is 5.24 Å². The second-order valence-corrected chi connectivity index (χ2v) is 46.3. The smallest absolute Gasteiger partial charge is 0.252 e. The van der Waals surface area contributed by atoms with Gasteiger partial charge in [0.05, 0.1) is 13.2 Å². The van der Waals surface area contributed by atoms with Crippen molar-refractivity contribution >= 4 is 209 Å². The normalized spacial score (nSPS) is 12.3. The first-order valence-corrected chi connectivity index (χ1v) is 51.6. The molecule has 0 spiro atoms. The molecule has 0 N–H and O–H groups in total. The summed E-state index contributed by atoms with van der Waals surface area (Å²) >= 11 is 14.6. The van der Waals surface area contributed by atoms with Gasteiger partial charge in [-0.3, -0.25) is 19.2 Å². The summed E-state index contributed by atoms with van der Waals surface area (Å²) in [6, 6.07) is 76.1. The van der Waals surface area contributed by atoms with Gasteiger partial charge in [0.15, 0.2) is 11.6 Å². The first kappa shape index (κ1) is 82.3. The van der Waals surface area contributed by atoms with Crippen molar-refractivity contribution in [2.24, 2.45) is 5.92 Å². The largest absolute Gasteiger partial charge is 0.365 e. The van der Waals surface area contributed by atoms with Gasteiger partial charge in [0, 0.05) is 180 Å². The van der Waals surface area contributed by atoms with Gasteiger partial charge in [-0.15, -0.1) is 6.42 Å². The molecule has 9 aromatic carbocycles. The minimum absolute atomic E-state index is 0.158. The molecule has 12 rings (SSSR count). The van der Waals surface area contributed by atoms with Crippen LogP contribution in [0.5, 0.6) is 0 Å². The number of hydrogen-bond acceptors (Lipinski definition) is 8. The van der Waals surface area contributed by atoms with Gasteiger partial charge in [-0.05, 0) is 113 Å². The molecular formula is C78H67ClO6S16. The maximum atomic E-state index is 13.0. The highest BCUT2D eigenvalue weighted by Crippen LogP contribution is 2.45. The Kier molecular flexibility index (Phi) is 41.1. The van der Waals surface area contributed by atoms with E-state index in [1.165, 1.54) is 69.4 Å². The highest BCUT2D eigenvalue weighted by Gasteiger charge is 2.33. The average molecular weight is 1650 g/mol. The number of Topliss-reactive ketones (excluding diaryl/α,β-unsaturated/α-hetero) is 2. The summed E-state index contributed by atoms with van der Waals surface area (Å²) < 4.78 is 10.4. The van der Waals surface area contributed by atoms with Gasteiger partial charge in [-0.25, -0.2) is 0 Å². The molecule has 0 saturated heterocycles. The van der Waals surface area contributed by atoms with Crippen LogP contribution in [0, 0.1) is 30.1 Å². The van der Waals surface area contributed by atoms with Gasteiger partial charge < -0.3 is 9.47 Å². The summed E-state index contributed by atoms with van der Waals surface area (Å²) in [4.78, 5) is 48.2. The predicted molar refractivity (Wildman–Crippen MR) is 465 cm³/mol. The summed E-state index contributed by atoms with van der Waals surface area (Å²) in [5.74, 6) is 8.47. The number of allylic oxidation sites excluding steroid dienone is 2. The van der Waals surface area contributed by atoms with Crippen LogP contribution in [0.15, 0.2) is 254 Å². The zero-order chi connectivity index (χ0) is 71.2. The van der Waals surface area contributed by atoms with Gasteiger partial charge >= 0.3 is 0 Å². The number of hydrogen-bond donors (Lipinski definition) is 0. The molecule has 0 amide bonds. The molecule has 3 aliphatic carbocycles. The number of terminal acetylenes is 1. The van der Waals surface area contributed by atoms with E-state index in [0.29, 0.717) is 36.9 Å². The number of carbonyl (C=O) groups excluding carboxylic acids is 4. The molecule has 0 heterocycles. The third kappa shape index (κ3) is 30.3. The van der Waals surface area contributed by atoms with Crippen molar-refractivity contribution in [2.75, 3.05) is 26.4 Å². The molecule has 0 bridgehead atoms. The van der Waals surface area contributed by atoms with Crippen LogP contribution in [0.25, 0.3) is 28.5 Å². The molecule has 1 saturated carbocycles. The zero-order valence-electron chi connectivity index (χ0n) is 54.1. The summed E-state index contributed by atoms with van der Waals surface area (Å²) in [5, 5.41) is 1.86. The standard InChI is InChI=1S/C20H18O.C20H16O.C19H16O2.C12H12O.C7H5ClO.S16/c2*21-20(14-7-2-1-3-8-14)19-17-11-5-4-9-15(17)13-16-10-6-12-18(16)19;20-19(18-12-5-2-6-13-18)14-8-16-21-15-7-11-17-9-3-1-4-10-17;1-2-10-13-11-6-9-12-7-4-3-5-8-12;8-7(9)6-4-2-1-3-5-6;1-3-5-7-9-11-13-15-16-14-12-10-8-6-4-2/h1-5,7-9,11,16H,6,10,12-13H2;1-5,7-9,11,13H,6,10,12H2;1-7,9-13H,15-16H2;1,3-9H,10-11H2;1-5H;/b;;11-7+;9-6+;;. The second kappa shape index (κ2) is 50.4. The lowest BCUT2D eigenvalue weighted by molar-refractivity contribution is 0.103. The van der Waals surface area contributed by atoms with Crippen LogP contribution < -0.4 is 0 Å². The van der Waals surface area contributed by atoms with Gasteiger partial charge in [-0.1, -0.05) is 278 Å². The van der Waals surface area contributed by atoms with Crippen LogP contribution in [-0.2, 0) is 175 Å². The molecule has 1 fully saturated rings. The lowest BCUT2D eigenvalue weighted by Crippen LogP contribution is -2.17. The lowest BCUT2D eigenvalue weighted by atomic mass is 9.78. The van der Waals surface area contributed by atoms with E-state index in [0.717, 1.165) is 65.3 Å². The fraction of sp³-hybridized carbons (Fsp3) is 0.154. The van der Waals surface area contributed by atoms with Crippen molar-refractivity contribution in [3.05, 3.63) is 316 Å². The summed E-state index contributed by atoms with van der Waals surface area (Å²) in [6.07, 6.45) is 20.8. The maximum Gasteiger partial charge on any atom is 0.252 e. The van der Waals surface area contributed by atoms with Gasteiger partial charge in [-0.2, -0.15) is 0 Å². The first-order valence-electron chi connectivity index (χ1n) is 31.2. The highest BCUT2D eigenvalue weighted by atomic mass is 35.5. The van der Waals surface area contributed by atoms with Crippen LogP contribution in [-0.4, -0.2) is 49.0 Å². The van der Waals surface area contributed by atoms with E-state index in [9.17, 15) is 19.2 Å². The lowest BCUT2D eigenvalue weighted by Gasteiger charge is -2.25. The Morgan fingerprint density at radius 1 is 0.485 bits per heavy atom. The fourth-order valence-electron chi connectivity index (χ4n) is 10.6. The van der Waals surface area contributed by atoms with E-state index in [4.69, 9.17) is 49.9 Å². The van der Waals surface area contributed by atoms with E-state index < -0.39 is 5.24 Å². The molecule has 1 atom stereocenters. The number of aryl methyl sites for hydroxylation is 1. The quantitative estimate of drug-likeness (QED) is 0.0350. The molecule has 23 heteroatoms. The monoisotopic (exact) mass is 1650 g/mol. The Balaban J connectivity index is 0.000000173. The van der Waals surface area contributed by atoms with Crippen molar-refractivity contribution in [2.45, 2.75) is 44.9 Å². The van der Waals surface area contributed by atoms with E-state index in [2.05, 4.69) is 54.2 Å². The van der Waals surface area contributed by atoms with E-state index in [1.807, 2.05) is 188 Å². The Morgan fingerprint density at radius 3 is 1.46 bits per heavy atom. The van der Waals surface area contributed by atoms with E-state index in [1.54, 1.807) is 143 Å². The summed E-state index contributed by atoms with van der Waals surface area (Å²) in [7, 11) is 23.5. The van der Waals surface area contributed by atoms with Crippen LogP contribution in [0.4, 0.5) is 0 Å². The third-order valence-electron chi connectivity index (χ3n) is 14.8. The topological polar surface area (TPSA) is 86.7 Å². The molecule has 6 nitrogen and oxygen atoms in total. The number of ketones is 3. The Morgan fingerprint density at radius 2 is 0.941 bits per heavy atom. The van der Waals surface area contributed by atoms with Gasteiger partial charge in [0.1, 0.15) is 13.2 Å². The van der Waals surface area contributed by atoms with Crippen LogP contribution in [0.2, 0.25) is 0 Å². The van der Waals surface area contributed by atoms with Gasteiger partial charge in [0.2, 0.25) is 5.78 Å². The minimum atomic E-state index is -0.407. The Hall–Kier alpha value is -6.01. The third-order valence-corrected chi connectivity index (χ3v) is 43.9.